The number of esters is 1. The summed E-state index contributed by atoms with van der Waals surface area (Å²) in [6.45, 7) is 0. The van der Waals surface area contributed by atoms with Gasteiger partial charge in [0.1, 0.15) is 11.7 Å². The second-order valence-corrected chi connectivity index (χ2v) is 4.20. The molecule has 0 aliphatic heterocycles. The first kappa shape index (κ1) is 12.2. The van der Waals surface area contributed by atoms with Crippen LogP contribution < -0.4 is 0 Å². The molecular formula is C12H20O3. The van der Waals surface area contributed by atoms with Crippen LogP contribution in [0.15, 0.2) is 0 Å². The summed E-state index contributed by atoms with van der Waals surface area (Å²) in [6, 6.07) is 0. The average molecular weight is 212 g/mol. The monoisotopic (exact) mass is 212 g/mol. The third-order valence-electron chi connectivity index (χ3n) is 3.04. The van der Waals surface area contributed by atoms with Crippen LogP contribution in [0.3, 0.4) is 0 Å². The van der Waals surface area contributed by atoms with Gasteiger partial charge in [-0.05, 0) is 12.8 Å². The molecule has 15 heavy (non-hydrogen) atoms. The molecule has 0 amide bonds. The molecule has 1 fully saturated rings. The Morgan fingerprint density at radius 1 is 1.13 bits per heavy atom. The third kappa shape index (κ3) is 4.02. The Morgan fingerprint density at radius 3 is 2.40 bits per heavy atom. The number of Topliss-reactive ketones (excluding diaryl/α,β-unsaturated/α-hetero) is 1. The van der Waals surface area contributed by atoms with Crippen molar-refractivity contribution in [2.24, 2.45) is 5.92 Å². The van der Waals surface area contributed by atoms with Crippen LogP contribution in [0, 0.1) is 5.92 Å². The van der Waals surface area contributed by atoms with E-state index in [2.05, 4.69) is 4.74 Å². The molecule has 0 spiro atoms. The molecule has 3 heteroatoms. The van der Waals surface area contributed by atoms with E-state index in [1.807, 2.05) is 0 Å². The van der Waals surface area contributed by atoms with E-state index in [0.717, 1.165) is 25.7 Å². The molecule has 1 aliphatic rings. The van der Waals surface area contributed by atoms with Gasteiger partial charge in [0.05, 0.1) is 7.11 Å². The first-order chi connectivity index (χ1) is 7.25. The number of hydrogen-bond acceptors (Lipinski definition) is 3. The van der Waals surface area contributed by atoms with Crippen molar-refractivity contribution in [1.29, 1.82) is 0 Å². The van der Waals surface area contributed by atoms with Crippen molar-refractivity contribution in [3.8, 4) is 0 Å². The minimum atomic E-state index is -0.493. The predicted molar refractivity (Wildman–Crippen MR) is 57.4 cm³/mol. The SMILES string of the molecule is COC(=O)C1CCCCCCCCC1=O. The highest BCUT2D eigenvalue weighted by Gasteiger charge is 2.26. The second kappa shape index (κ2) is 6.59. The van der Waals surface area contributed by atoms with Crippen molar-refractivity contribution >= 4 is 11.8 Å². The molecule has 1 unspecified atom stereocenters. The summed E-state index contributed by atoms with van der Waals surface area (Å²) in [5, 5.41) is 0. The number of hydrogen-bond donors (Lipinski definition) is 0. The molecule has 0 N–H and O–H groups in total. The summed E-state index contributed by atoms with van der Waals surface area (Å²) >= 11 is 0. The summed E-state index contributed by atoms with van der Waals surface area (Å²) in [5.41, 5.74) is 0. The van der Waals surface area contributed by atoms with Gasteiger partial charge in [-0.25, -0.2) is 0 Å². The van der Waals surface area contributed by atoms with Crippen LogP contribution in [0.1, 0.15) is 51.4 Å². The fraction of sp³-hybridized carbons (Fsp3) is 0.833. The van der Waals surface area contributed by atoms with Crippen LogP contribution >= 0.6 is 0 Å². The number of ether oxygens (including phenoxy) is 1. The molecule has 1 aliphatic carbocycles. The maximum Gasteiger partial charge on any atom is 0.316 e. The summed E-state index contributed by atoms with van der Waals surface area (Å²) < 4.78 is 4.67. The first-order valence-corrected chi connectivity index (χ1v) is 5.86. The quantitative estimate of drug-likeness (QED) is 0.495. The van der Waals surface area contributed by atoms with Crippen LogP contribution in [0.4, 0.5) is 0 Å². The highest BCUT2D eigenvalue weighted by molar-refractivity contribution is 5.98. The Bertz CT molecular complexity index is 223. The molecule has 1 atom stereocenters. The zero-order valence-corrected chi connectivity index (χ0v) is 9.46. The molecule has 0 heterocycles. The van der Waals surface area contributed by atoms with Gasteiger partial charge in [0.15, 0.2) is 0 Å². The number of methoxy groups -OCH3 is 1. The third-order valence-corrected chi connectivity index (χ3v) is 3.04. The highest BCUT2D eigenvalue weighted by Crippen LogP contribution is 2.19. The van der Waals surface area contributed by atoms with Crippen molar-refractivity contribution in [3.05, 3.63) is 0 Å². The molecule has 0 saturated heterocycles. The van der Waals surface area contributed by atoms with Gasteiger partial charge in [-0.1, -0.05) is 32.1 Å². The van der Waals surface area contributed by atoms with Crippen molar-refractivity contribution in [2.75, 3.05) is 7.11 Å². The van der Waals surface area contributed by atoms with Gasteiger partial charge in [-0.2, -0.15) is 0 Å². The molecule has 86 valence electrons. The molecule has 0 aromatic carbocycles. The summed E-state index contributed by atoms with van der Waals surface area (Å²) in [6.07, 6.45) is 7.78. The van der Waals surface area contributed by atoms with Gasteiger partial charge in [0.25, 0.3) is 0 Å². The predicted octanol–water partition coefficient (Wildman–Crippen LogP) is 2.48. The van der Waals surface area contributed by atoms with E-state index in [0.29, 0.717) is 12.8 Å². The molecule has 0 bridgehead atoms. The molecule has 1 rings (SSSR count). The minimum Gasteiger partial charge on any atom is -0.468 e. The number of ketones is 1. The van der Waals surface area contributed by atoms with E-state index in [9.17, 15) is 9.59 Å². The topological polar surface area (TPSA) is 43.4 Å². The molecule has 0 aromatic heterocycles. The zero-order chi connectivity index (χ0) is 11.1. The van der Waals surface area contributed by atoms with E-state index in [4.69, 9.17) is 0 Å². The van der Waals surface area contributed by atoms with Crippen LogP contribution in [0.25, 0.3) is 0 Å². The normalized spacial score (nSPS) is 24.6. The zero-order valence-electron chi connectivity index (χ0n) is 9.46. The van der Waals surface area contributed by atoms with Gasteiger partial charge in [-0.3, -0.25) is 9.59 Å². The number of rotatable bonds is 1. The smallest absolute Gasteiger partial charge is 0.316 e. The van der Waals surface area contributed by atoms with E-state index in [1.54, 1.807) is 0 Å². The minimum absolute atomic E-state index is 0.0729. The Hall–Kier alpha value is -0.860. The van der Waals surface area contributed by atoms with Gasteiger partial charge in [0.2, 0.25) is 0 Å². The maximum atomic E-state index is 11.7. The molecule has 3 nitrogen and oxygen atoms in total. The number of carbonyl (C=O) groups excluding carboxylic acids is 2. The Labute approximate surface area is 91.2 Å². The molecule has 0 aromatic rings. The maximum absolute atomic E-state index is 11.7. The van der Waals surface area contributed by atoms with Crippen molar-refractivity contribution < 1.29 is 14.3 Å². The molecular weight excluding hydrogens is 192 g/mol. The van der Waals surface area contributed by atoms with E-state index >= 15 is 0 Å². The average Bonchev–Trinajstić information content (AvgIpc) is 2.26. The number of carbonyl (C=O) groups is 2. The first-order valence-electron chi connectivity index (χ1n) is 5.86. The van der Waals surface area contributed by atoms with Gasteiger partial charge >= 0.3 is 5.97 Å². The van der Waals surface area contributed by atoms with E-state index in [1.165, 1.54) is 20.0 Å². The Kier molecular flexibility index (Phi) is 5.37. The van der Waals surface area contributed by atoms with Crippen LogP contribution in [0.2, 0.25) is 0 Å². The second-order valence-electron chi connectivity index (χ2n) is 4.20. The van der Waals surface area contributed by atoms with Crippen LogP contribution in [0.5, 0.6) is 0 Å². The summed E-state index contributed by atoms with van der Waals surface area (Å²) in [7, 11) is 1.36. The summed E-state index contributed by atoms with van der Waals surface area (Å²) in [5.74, 6) is -0.766. The Morgan fingerprint density at radius 2 is 1.73 bits per heavy atom. The lowest BCUT2D eigenvalue weighted by molar-refractivity contribution is -0.149. The van der Waals surface area contributed by atoms with Gasteiger partial charge < -0.3 is 4.74 Å². The lowest BCUT2D eigenvalue weighted by Crippen LogP contribution is -2.25. The molecule has 1 saturated carbocycles. The standard InChI is InChI=1S/C12H20O3/c1-15-12(14)10-8-6-4-2-3-5-7-9-11(10)13/h10H,2-9H2,1H3. The van der Waals surface area contributed by atoms with E-state index < -0.39 is 5.92 Å². The van der Waals surface area contributed by atoms with E-state index in [-0.39, 0.29) is 11.8 Å². The van der Waals surface area contributed by atoms with Gasteiger partial charge in [0, 0.05) is 6.42 Å². The largest absolute Gasteiger partial charge is 0.468 e. The van der Waals surface area contributed by atoms with Crippen molar-refractivity contribution in [2.45, 2.75) is 51.4 Å². The Balaban J connectivity index is 2.54. The van der Waals surface area contributed by atoms with Crippen molar-refractivity contribution in [1.82, 2.24) is 0 Å². The molecule has 0 radical (unpaired) electrons. The lowest BCUT2D eigenvalue weighted by Gasteiger charge is -2.15. The highest BCUT2D eigenvalue weighted by atomic mass is 16.5. The van der Waals surface area contributed by atoms with Crippen LogP contribution in [-0.2, 0) is 14.3 Å². The fourth-order valence-electron chi connectivity index (χ4n) is 2.08. The van der Waals surface area contributed by atoms with Crippen LogP contribution in [-0.4, -0.2) is 18.9 Å². The fourth-order valence-corrected chi connectivity index (χ4v) is 2.08. The summed E-state index contributed by atoms with van der Waals surface area (Å²) in [4.78, 5) is 23.1. The van der Waals surface area contributed by atoms with Gasteiger partial charge in [-0.15, -0.1) is 0 Å². The lowest BCUT2D eigenvalue weighted by atomic mass is 9.91. The van der Waals surface area contributed by atoms with Crippen molar-refractivity contribution in [3.63, 3.8) is 0 Å².